The van der Waals surface area contributed by atoms with Gasteiger partial charge in [-0.25, -0.2) is 21.6 Å². The average molecular weight is 308 g/mol. The molecule has 0 aliphatic rings. The van der Waals surface area contributed by atoms with E-state index in [0.29, 0.717) is 11.8 Å². The molecule has 0 aliphatic carbocycles. The molecule has 0 saturated carbocycles. The molecule has 0 radical (unpaired) electrons. The molecule has 86 valence electrons. The molecule has 0 spiro atoms. The third-order valence-corrected chi connectivity index (χ3v) is 5.82. The maximum absolute atomic E-state index is 11.3. The highest BCUT2D eigenvalue weighted by Gasteiger charge is 2.20. The molecular weight excluding hydrogens is 294 g/mol. The fraction of sp³-hybridized carbons (Fsp3) is 1.00. The number of rotatable bonds is 6. The van der Waals surface area contributed by atoms with E-state index >= 15 is 0 Å². The summed E-state index contributed by atoms with van der Waals surface area (Å²) in [5.41, 5.74) is 0. The van der Waals surface area contributed by atoms with Crippen LogP contribution in [0.1, 0.15) is 13.3 Å². The molecule has 0 rings (SSSR count). The predicted octanol–water partition coefficient (Wildman–Crippen LogP) is 0.0814. The van der Waals surface area contributed by atoms with E-state index in [9.17, 15) is 16.8 Å². The van der Waals surface area contributed by atoms with Gasteiger partial charge in [0.2, 0.25) is 10.0 Å². The van der Waals surface area contributed by atoms with Crippen LogP contribution in [0.15, 0.2) is 0 Å². The maximum atomic E-state index is 11.3. The minimum Gasteiger partial charge on any atom is -0.228 e. The Morgan fingerprint density at radius 1 is 1.29 bits per heavy atom. The van der Waals surface area contributed by atoms with Gasteiger partial charge in [-0.15, -0.1) is 0 Å². The van der Waals surface area contributed by atoms with E-state index in [1.54, 1.807) is 0 Å². The van der Waals surface area contributed by atoms with Crippen LogP contribution in [0, 0.1) is 0 Å². The average Bonchev–Trinajstić information content (AvgIpc) is 1.95. The number of hydrogen-bond acceptors (Lipinski definition) is 4. The maximum Gasteiger partial charge on any atom is 0.226 e. The fourth-order valence-electron chi connectivity index (χ4n) is 0.794. The third kappa shape index (κ3) is 6.74. The van der Waals surface area contributed by atoms with Crippen molar-refractivity contribution in [2.45, 2.75) is 19.4 Å². The summed E-state index contributed by atoms with van der Waals surface area (Å²) >= 11 is 3.13. The summed E-state index contributed by atoms with van der Waals surface area (Å²) in [5, 5.41) is -0.393. The lowest BCUT2D eigenvalue weighted by molar-refractivity contribution is 0.560. The van der Waals surface area contributed by atoms with E-state index in [-0.39, 0.29) is 6.04 Å². The van der Waals surface area contributed by atoms with Crippen LogP contribution in [0.5, 0.6) is 0 Å². The first kappa shape index (κ1) is 14.3. The monoisotopic (exact) mass is 307 g/mol. The molecule has 0 aromatic heterocycles. The first-order valence-corrected chi connectivity index (χ1v) is 8.77. The zero-order valence-electron chi connectivity index (χ0n) is 8.03. The number of alkyl halides is 1. The van der Waals surface area contributed by atoms with Crippen LogP contribution in [0.4, 0.5) is 0 Å². The van der Waals surface area contributed by atoms with Gasteiger partial charge in [0.05, 0.1) is 0 Å². The largest absolute Gasteiger partial charge is 0.228 e. The van der Waals surface area contributed by atoms with Crippen LogP contribution in [0.25, 0.3) is 0 Å². The molecule has 0 aliphatic heterocycles. The summed E-state index contributed by atoms with van der Waals surface area (Å²) in [7, 11) is -7.24. The smallest absolute Gasteiger partial charge is 0.226 e. The van der Waals surface area contributed by atoms with Gasteiger partial charge in [0, 0.05) is 17.6 Å². The van der Waals surface area contributed by atoms with Crippen LogP contribution >= 0.6 is 15.9 Å². The topological polar surface area (TPSA) is 80.3 Å². The van der Waals surface area contributed by atoms with Crippen molar-refractivity contribution < 1.29 is 16.8 Å². The highest BCUT2D eigenvalue weighted by molar-refractivity contribution is 9.09. The number of nitrogens with one attached hydrogen (secondary N) is 1. The molecule has 1 atom stereocenters. The SMILES string of the molecule is CCC(CBr)NS(=O)(=O)CS(C)(=O)=O. The highest BCUT2D eigenvalue weighted by Crippen LogP contribution is 2.00. The van der Waals surface area contributed by atoms with Crippen LogP contribution in [-0.2, 0) is 19.9 Å². The number of hydrogen-bond donors (Lipinski definition) is 1. The number of sulfonamides is 1. The minimum atomic E-state index is -3.73. The molecular formula is C6H14BrNO4S2. The molecule has 0 heterocycles. The van der Waals surface area contributed by atoms with Gasteiger partial charge in [-0.1, -0.05) is 22.9 Å². The Kier molecular flexibility index (Phi) is 5.56. The van der Waals surface area contributed by atoms with Crippen molar-refractivity contribution in [2.75, 3.05) is 16.7 Å². The molecule has 14 heavy (non-hydrogen) atoms. The Labute approximate surface area is 93.4 Å². The minimum absolute atomic E-state index is 0.262. The van der Waals surface area contributed by atoms with Crippen molar-refractivity contribution in [3.05, 3.63) is 0 Å². The Hall–Kier alpha value is 0.340. The first-order valence-electron chi connectivity index (χ1n) is 3.94. The van der Waals surface area contributed by atoms with E-state index in [4.69, 9.17) is 0 Å². The van der Waals surface area contributed by atoms with E-state index < -0.39 is 24.9 Å². The van der Waals surface area contributed by atoms with Crippen molar-refractivity contribution >= 4 is 35.8 Å². The second kappa shape index (κ2) is 5.43. The van der Waals surface area contributed by atoms with Gasteiger partial charge in [0.15, 0.2) is 14.9 Å². The number of sulfone groups is 1. The van der Waals surface area contributed by atoms with E-state index in [2.05, 4.69) is 20.7 Å². The molecule has 0 aromatic carbocycles. The molecule has 0 aromatic rings. The number of halogens is 1. The zero-order valence-corrected chi connectivity index (χ0v) is 11.2. The molecule has 1 N–H and O–H groups in total. The van der Waals surface area contributed by atoms with Gasteiger partial charge >= 0.3 is 0 Å². The molecule has 0 saturated heterocycles. The van der Waals surface area contributed by atoms with Gasteiger partial charge in [-0.3, -0.25) is 0 Å². The Balaban J connectivity index is 4.51. The first-order chi connectivity index (χ1) is 6.20. The van der Waals surface area contributed by atoms with Crippen LogP contribution in [-0.4, -0.2) is 39.5 Å². The summed E-state index contributed by atoms with van der Waals surface area (Å²) in [4.78, 5) is 0. The summed E-state index contributed by atoms with van der Waals surface area (Å²) in [6.45, 7) is 1.81. The molecule has 1 unspecified atom stereocenters. The lowest BCUT2D eigenvalue weighted by atomic mass is 10.3. The van der Waals surface area contributed by atoms with E-state index in [1.165, 1.54) is 0 Å². The lowest BCUT2D eigenvalue weighted by Crippen LogP contribution is -2.38. The van der Waals surface area contributed by atoms with Crippen molar-refractivity contribution in [3.8, 4) is 0 Å². The molecule has 0 amide bonds. The van der Waals surface area contributed by atoms with Crippen molar-refractivity contribution in [1.29, 1.82) is 0 Å². The molecule has 8 heteroatoms. The zero-order chi connectivity index (χ0) is 11.4. The summed E-state index contributed by atoms with van der Waals surface area (Å²) in [6, 6.07) is -0.262. The van der Waals surface area contributed by atoms with Crippen LogP contribution in [0.3, 0.4) is 0 Å². The molecule has 5 nitrogen and oxygen atoms in total. The van der Waals surface area contributed by atoms with Crippen molar-refractivity contribution in [1.82, 2.24) is 4.72 Å². The summed E-state index contributed by atoms with van der Waals surface area (Å²) in [5.74, 6) is 0. The van der Waals surface area contributed by atoms with Gasteiger partial charge in [0.25, 0.3) is 0 Å². The second-order valence-corrected chi connectivity index (χ2v) is 7.94. The van der Waals surface area contributed by atoms with Crippen molar-refractivity contribution in [3.63, 3.8) is 0 Å². The Morgan fingerprint density at radius 2 is 1.79 bits per heavy atom. The summed E-state index contributed by atoms with van der Waals surface area (Å²) < 4.78 is 46.4. The van der Waals surface area contributed by atoms with Gasteiger partial charge < -0.3 is 0 Å². The van der Waals surface area contributed by atoms with Crippen LogP contribution < -0.4 is 4.72 Å². The Morgan fingerprint density at radius 3 is 2.07 bits per heavy atom. The second-order valence-electron chi connectivity index (χ2n) is 3.04. The lowest BCUT2D eigenvalue weighted by Gasteiger charge is -2.13. The van der Waals surface area contributed by atoms with Gasteiger partial charge in [-0.05, 0) is 6.42 Å². The van der Waals surface area contributed by atoms with Gasteiger partial charge in [0.1, 0.15) is 0 Å². The van der Waals surface area contributed by atoms with Gasteiger partial charge in [-0.2, -0.15) is 0 Å². The van der Waals surface area contributed by atoms with Crippen LogP contribution in [0.2, 0.25) is 0 Å². The van der Waals surface area contributed by atoms with Crippen molar-refractivity contribution in [2.24, 2.45) is 0 Å². The third-order valence-electron chi connectivity index (χ3n) is 1.39. The molecule has 0 bridgehead atoms. The highest BCUT2D eigenvalue weighted by atomic mass is 79.9. The normalized spacial score (nSPS) is 15.4. The van der Waals surface area contributed by atoms with E-state index in [1.807, 2.05) is 6.92 Å². The fourth-order valence-corrected chi connectivity index (χ4v) is 4.91. The molecule has 0 fully saturated rings. The predicted molar refractivity (Wildman–Crippen MR) is 59.6 cm³/mol. The summed E-state index contributed by atoms with van der Waals surface area (Å²) in [6.07, 6.45) is 1.50. The Bertz CT molecular complexity index is 357. The standard InChI is InChI=1S/C6H14BrNO4S2/c1-3-6(4-7)8-14(11,12)5-13(2,9)10/h6,8H,3-5H2,1-2H3. The van der Waals surface area contributed by atoms with E-state index in [0.717, 1.165) is 6.26 Å². The quantitative estimate of drug-likeness (QED) is 0.705.